The summed E-state index contributed by atoms with van der Waals surface area (Å²) >= 11 is 0. The Balaban J connectivity index is 4.08. The number of carbonyl (C=O) groups is 3. The van der Waals surface area contributed by atoms with Crippen LogP contribution in [0, 0.1) is 0 Å². The molecule has 9 nitrogen and oxygen atoms in total. The summed E-state index contributed by atoms with van der Waals surface area (Å²) in [7, 11) is 5.98. The molecule has 0 spiro atoms. The highest BCUT2D eigenvalue weighted by Crippen LogP contribution is 2.17. The second-order valence-electron chi connectivity index (χ2n) is 23.8. The molecule has 82 heavy (non-hydrogen) atoms. The Kier molecular flexibility index (Phi) is 60.3. The topological polar surface area (TPSA) is 108 Å². The van der Waals surface area contributed by atoms with Gasteiger partial charge < -0.3 is 28.5 Å². The van der Waals surface area contributed by atoms with Gasteiger partial charge in [0.15, 0.2) is 6.10 Å². The maximum atomic E-state index is 12.9. The van der Waals surface area contributed by atoms with E-state index in [0.29, 0.717) is 17.4 Å². The summed E-state index contributed by atoms with van der Waals surface area (Å²) in [4.78, 5) is 37.5. The largest absolute Gasteiger partial charge is 0.477 e. The molecule has 0 aromatic carbocycles. The van der Waals surface area contributed by atoms with Crippen molar-refractivity contribution in [2.24, 2.45) is 0 Å². The third-order valence-electron chi connectivity index (χ3n) is 14.6. The summed E-state index contributed by atoms with van der Waals surface area (Å²) in [6, 6.07) is 0. The minimum absolute atomic E-state index is 0.181. The van der Waals surface area contributed by atoms with Gasteiger partial charge in [-0.15, -0.1) is 0 Å². The van der Waals surface area contributed by atoms with E-state index in [1.807, 2.05) is 21.1 Å². The first-order valence-corrected chi connectivity index (χ1v) is 33.9. The normalized spacial score (nSPS) is 13.3. The Bertz CT molecular complexity index is 1670. The highest BCUT2D eigenvalue weighted by Gasteiger charge is 2.25. The monoisotopic (exact) mass is 1150 g/mol. The van der Waals surface area contributed by atoms with E-state index in [9.17, 15) is 19.5 Å². The Labute approximate surface area is 505 Å². The van der Waals surface area contributed by atoms with Crippen molar-refractivity contribution in [3.63, 3.8) is 0 Å². The first kappa shape index (κ1) is 78.2. The number of nitrogens with zero attached hydrogens (tertiary/aromatic N) is 1. The lowest BCUT2D eigenvalue weighted by atomic mass is 10.0. The zero-order valence-electron chi connectivity index (χ0n) is 53.9. The Morgan fingerprint density at radius 3 is 1.04 bits per heavy atom. The van der Waals surface area contributed by atoms with Crippen LogP contribution in [0.4, 0.5) is 0 Å². The van der Waals surface area contributed by atoms with Crippen LogP contribution in [0.3, 0.4) is 0 Å². The lowest BCUT2D eigenvalue weighted by Gasteiger charge is -2.25. The highest BCUT2D eigenvalue weighted by molar-refractivity contribution is 5.71. The molecule has 0 rings (SSSR count). The molecule has 0 saturated carbocycles. The number of carboxylic acid groups (broad SMARTS) is 1. The molecule has 1 N–H and O–H groups in total. The van der Waals surface area contributed by atoms with Crippen LogP contribution in [0.5, 0.6) is 0 Å². The first-order chi connectivity index (χ1) is 40.1. The zero-order valence-corrected chi connectivity index (χ0v) is 53.9. The SMILES string of the molecule is CC/C=C\C/C=C\C/C=C\C/C=C\C/C=C\C/C=C\C/C=C\C/C=C\CCCCCCCCCCCCCCCCC(=O)OC(COC(=O)CCCCCCCCCCCCCCCCCCCC)COC(OCC[N+](C)(C)C)C(=O)O. The van der Waals surface area contributed by atoms with Gasteiger partial charge in [-0.25, -0.2) is 4.79 Å². The fraction of sp³-hybridized carbons (Fsp3) is 0.740. The molecule has 0 aliphatic rings. The van der Waals surface area contributed by atoms with E-state index in [2.05, 4.69) is 111 Å². The molecule has 2 atom stereocenters. The molecule has 0 aromatic rings. The van der Waals surface area contributed by atoms with Crippen molar-refractivity contribution in [3.8, 4) is 0 Å². The molecule has 0 aromatic heterocycles. The maximum absolute atomic E-state index is 12.9. The van der Waals surface area contributed by atoms with Crippen LogP contribution in [0.15, 0.2) is 97.2 Å². The van der Waals surface area contributed by atoms with Gasteiger partial charge in [0.1, 0.15) is 13.2 Å². The van der Waals surface area contributed by atoms with Crippen LogP contribution in [0.1, 0.15) is 290 Å². The number of hydrogen-bond donors (Lipinski definition) is 1. The fourth-order valence-corrected chi connectivity index (χ4v) is 9.44. The standard InChI is InChI=1S/C73H127NO8/c1-6-8-10-12-14-16-18-20-22-24-26-27-28-29-30-31-32-33-34-35-36-37-38-39-40-41-42-43-44-45-46-48-50-52-54-56-58-60-62-64-71(76)82-69(68-81-73(72(77)78)79-66-65-74(3,4)5)67-80-70(75)63-61-59-57-55-53-51-49-47-25-23-21-19-17-15-13-11-9-7-2/h8,10,14,16,20,22,26-27,29-30,32-33,35-36,38-39,69,73H,6-7,9,11-13,15,17-19,21,23-25,28,31,34,37,40-68H2,1-5H3/p+1/b10-8-,16-14-,22-20-,27-26-,30-29-,33-32-,36-35-,39-38-. The average Bonchev–Trinajstić information content (AvgIpc) is 3.45. The molecule has 472 valence electrons. The van der Waals surface area contributed by atoms with E-state index in [0.717, 1.165) is 89.9 Å². The van der Waals surface area contributed by atoms with Crippen molar-refractivity contribution < 1.29 is 42.9 Å². The number of rotatable bonds is 62. The van der Waals surface area contributed by atoms with Crippen molar-refractivity contribution in [1.29, 1.82) is 0 Å². The van der Waals surface area contributed by atoms with Crippen molar-refractivity contribution in [2.75, 3.05) is 47.5 Å². The number of carbonyl (C=O) groups excluding carboxylic acids is 2. The van der Waals surface area contributed by atoms with Crippen LogP contribution in [0.25, 0.3) is 0 Å². The molecular weight excluding hydrogens is 1020 g/mol. The minimum atomic E-state index is -1.51. The number of aliphatic carboxylic acids is 1. The van der Waals surface area contributed by atoms with E-state index >= 15 is 0 Å². The van der Waals surface area contributed by atoms with Crippen LogP contribution in [-0.4, -0.2) is 87.4 Å². The molecule has 0 aliphatic heterocycles. The van der Waals surface area contributed by atoms with Crippen LogP contribution >= 0.6 is 0 Å². The van der Waals surface area contributed by atoms with Gasteiger partial charge in [0.05, 0.1) is 34.4 Å². The quantitative estimate of drug-likeness (QED) is 0.0211. The molecule has 0 fully saturated rings. The summed E-state index contributed by atoms with van der Waals surface area (Å²) in [5.41, 5.74) is 0. The molecule has 0 amide bonds. The number of likely N-dealkylation sites (N-methyl/N-ethyl adjacent to an activating group) is 1. The number of quaternary nitrogens is 1. The zero-order chi connectivity index (χ0) is 59.8. The maximum Gasteiger partial charge on any atom is 0.361 e. The van der Waals surface area contributed by atoms with Crippen LogP contribution in [0.2, 0.25) is 0 Å². The Morgan fingerprint density at radius 2 is 0.695 bits per heavy atom. The second kappa shape index (κ2) is 63.2. The number of hydrogen-bond acceptors (Lipinski definition) is 7. The molecular formula is C73H128NO8+. The predicted octanol–water partition coefficient (Wildman–Crippen LogP) is 20.9. The fourth-order valence-electron chi connectivity index (χ4n) is 9.44. The molecule has 2 unspecified atom stereocenters. The van der Waals surface area contributed by atoms with Gasteiger partial charge in [-0.3, -0.25) is 9.59 Å². The van der Waals surface area contributed by atoms with Crippen molar-refractivity contribution >= 4 is 17.9 Å². The van der Waals surface area contributed by atoms with Gasteiger partial charge in [-0.2, -0.15) is 0 Å². The molecule has 0 aliphatic carbocycles. The Hall–Kier alpha value is -3.79. The van der Waals surface area contributed by atoms with Gasteiger partial charge in [-0.05, 0) is 77.0 Å². The first-order valence-electron chi connectivity index (χ1n) is 33.9. The third kappa shape index (κ3) is 63.8. The van der Waals surface area contributed by atoms with E-state index < -0.39 is 24.3 Å². The van der Waals surface area contributed by atoms with Gasteiger partial charge in [0.25, 0.3) is 6.29 Å². The molecule has 0 bridgehead atoms. The minimum Gasteiger partial charge on any atom is -0.477 e. The van der Waals surface area contributed by atoms with Crippen molar-refractivity contribution in [2.45, 2.75) is 302 Å². The van der Waals surface area contributed by atoms with E-state index in [-0.39, 0.29) is 32.2 Å². The summed E-state index contributed by atoms with van der Waals surface area (Å²) in [6.45, 7) is 4.79. The number of unbranched alkanes of at least 4 members (excludes halogenated alkanes) is 31. The van der Waals surface area contributed by atoms with Crippen molar-refractivity contribution in [3.05, 3.63) is 97.2 Å². The van der Waals surface area contributed by atoms with Gasteiger partial charge in [0.2, 0.25) is 0 Å². The second-order valence-corrected chi connectivity index (χ2v) is 23.8. The summed E-state index contributed by atoms with van der Waals surface area (Å²) in [5.74, 6) is -1.99. The lowest BCUT2D eigenvalue weighted by molar-refractivity contribution is -0.870. The molecule has 0 heterocycles. The highest BCUT2D eigenvalue weighted by atomic mass is 16.7. The van der Waals surface area contributed by atoms with Crippen LogP contribution < -0.4 is 0 Å². The number of allylic oxidation sites excluding steroid dienone is 16. The van der Waals surface area contributed by atoms with Gasteiger partial charge in [0, 0.05) is 12.8 Å². The molecule has 0 saturated heterocycles. The third-order valence-corrected chi connectivity index (χ3v) is 14.6. The van der Waals surface area contributed by atoms with Crippen molar-refractivity contribution in [1.82, 2.24) is 0 Å². The smallest absolute Gasteiger partial charge is 0.361 e. The van der Waals surface area contributed by atoms with Gasteiger partial charge in [-0.1, -0.05) is 297 Å². The summed E-state index contributed by atoms with van der Waals surface area (Å²) in [6.07, 6.45) is 83.7. The Morgan fingerprint density at radius 1 is 0.378 bits per heavy atom. The summed E-state index contributed by atoms with van der Waals surface area (Å²) < 4.78 is 23.0. The number of esters is 2. The molecule has 9 heteroatoms. The predicted molar refractivity (Wildman–Crippen MR) is 350 cm³/mol. The van der Waals surface area contributed by atoms with E-state index in [1.165, 1.54) is 173 Å². The van der Waals surface area contributed by atoms with Crippen LogP contribution in [-0.2, 0) is 33.3 Å². The van der Waals surface area contributed by atoms with E-state index in [4.69, 9.17) is 18.9 Å². The number of ether oxygens (including phenoxy) is 4. The van der Waals surface area contributed by atoms with E-state index in [1.54, 1.807) is 0 Å². The molecule has 0 radical (unpaired) electrons. The summed E-state index contributed by atoms with van der Waals surface area (Å²) in [5, 5.41) is 9.73. The van der Waals surface area contributed by atoms with Gasteiger partial charge >= 0.3 is 17.9 Å². The number of carboxylic acids is 1. The average molecular weight is 1150 g/mol. The lowest BCUT2D eigenvalue weighted by Crippen LogP contribution is -2.40.